The van der Waals surface area contributed by atoms with Crippen LogP contribution >= 0.6 is 38.9 Å². The second-order valence-corrected chi connectivity index (χ2v) is 6.73. The molecule has 96 valence electrons. The van der Waals surface area contributed by atoms with Crippen molar-refractivity contribution in [1.29, 1.82) is 0 Å². The Bertz CT molecular complexity index is 547. The van der Waals surface area contributed by atoms with E-state index in [-0.39, 0.29) is 11.9 Å². The molecule has 3 N–H and O–H groups in total. The molecule has 1 heterocycles. The summed E-state index contributed by atoms with van der Waals surface area (Å²) in [4.78, 5) is 1.05. The predicted octanol–water partition coefficient (Wildman–Crippen LogP) is 4.05. The predicted molar refractivity (Wildman–Crippen MR) is 77.2 cm³/mol. The van der Waals surface area contributed by atoms with Gasteiger partial charge in [0.25, 0.3) is 0 Å². The van der Waals surface area contributed by atoms with Crippen molar-refractivity contribution in [2.24, 2.45) is 5.84 Å². The van der Waals surface area contributed by atoms with Gasteiger partial charge < -0.3 is 0 Å². The smallest absolute Gasteiger partial charge is 0.127 e. The summed E-state index contributed by atoms with van der Waals surface area (Å²) in [6, 6.07) is 8.48. The van der Waals surface area contributed by atoms with Gasteiger partial charge in [0.2, 0.25) is 0 Å². The molecule has 1 aromatic heterocycles. The molecule has 0 saturated heterocycles. The lowest BCUT2D eigenvalue weighted by atomic mass is 10.0. The van der Waals surface area contributed by atoms with Gasteiger partial charge in [-0.25, -0.2) is 4.39 Å². The van der Waals surface area contributed by atoms with Crippen LogP contribution in [-0.4, -0.2) is 0 Å². The number of hydrogen-bond acceptors (Lipinski definition) is 3. The van der Waals surface area contributed by atoms with E-state index in [0.717, 1.165) is 8.66 Å². The van der Waals surface area contributed by atoms with Gasteiger partial charge in [-0.05, 0) is 52.2 Å². The van der Waals surface area contributed by atoms with E-state index >= 15 is 0 Å². The van der Waals surface area contributed by atoms with Gasteiger partial charge in [-0.3, -0.25) is 11.3 Å². The van der Waals surface area contributed by atoms with Crippen molar-refractivity contribution in [1.82, 2.24) is 5.43 Å². The Morgan fingerprint density at radius 2 is 2.17 bits per heavy atom. The fourth-order valence-electron chi connectivity index (χ4n) is 1.66. The Kier molecular flexibility index (Phi) is 4.75. The van der Waals surface area contributed by atoms with Gasteiger partial charge in [-0.2, -0.15) is 0 Å². The highest BCUT2D eigenvalue weighted by Gasteiger charge is 2.15. The van der Waals surface area contributed by atoms with Gasteiger partial charge >= 0.3 is 0 Å². The number of hydrogen-bond donors (Lipinski definition) is 2. The Labute approximate surface area is 122 Å². The molecule has 0 aliphatic carbocycles. The van der Waals surface area contributed by atoms with Crippen molar-refractivity contribution in [3.05, 3.63) is 55.4 Å². The van der Waals surface area contributed by atoms with E-state index in [4.69, 9.17) is 17.4 Å². The summed E-state index contributed by atoms with van der Waals surface area (Å²) in [5.74, 6) is 5.23. The number of nitrogens with one attached hydrogen (secondary N) is 1. The molecule has 18 heavy (non-hydrogen) atoms. The van der Waals surface area contributed by atoms with E-state index in [1.165, 1.54) is 6.07 Å². The normalized spacial score (nSPS) is 12.7. The Balaban J connectivity index is 2.20. The van der Waals surface area contributed by atoms with Gasteiger partial charge in [-0.15, -0.1) is 11.3 Å². The Morgan fingerprint density at radius 3 is 2.72 bits per heavy atom. The largest absolute Gasteiger partial charge is 0.271 e. The molecule has 0 aliphatic heterocycles. The zero-order valence-electron chi connectivity index (χ0n) is 9.29. The van der Waals surface area contributed by atoms with Crippen molar-refractivity contribution < 1.29 is 4.39 Å². The molecule has 0 saturated carbocycles. The summed E-state index contributed by atoms with van der Waals surface area (Å²) >= 11 is 10.7. The molecule has 1 unspecified atom stereocenters. The molecule has 6 heteroatoms. The third-order valence-corrected chi connectivity index (χ3v) is 4.55. The van der Waals surface area contributed by atoms with Crippen LogP contribution in [0.1, 0.15) is 16.5 Å². The standard InChI is InChI=1S/C12H11BrClFN2S/c13-12-4-3-11(18-12)10(17-16)5-7-1-2-8(14)6-9(7)15/h1-4,6,10,17H,5,16H2. The van der Waals surface area contributed by atoms with Crippen LogP contribution in [0.4, 0.5) is 4.39 Å². The minimum absolute atomic E-state index is 0.114. The number of hydrazine groups is 1. The SMILES string of the molecule is NNC(Cc1ccc(Cl)cc1F)c1ccc(Br)s1. The zero-order chi connectivity index (χ0) is 13.1. The molecule has 0 bridgehead atoms. The molecule has 0 radical (unpaired) electrons. The Morgan fingerprint density at radius 1 is 1.39 bits per heavy atom. The Hall–Kier alpha value is -0.460. The average Bonchev–Trinajstić information content (AvgIpc) is 2.75. The fourth-order valence-corrected chi connectivity index (χ4v) is 3.31. The molecule has 1 atom stereocenters. The van der Waals surface area contributed by atoms with E-state index in [2.05, 4.69) is 21.4 Å². The third-order valence-electron chi connectivity index (χ3n) is 2.58. The molecule has 0 spiro atoms. The molecular weight excluding hydrogens is 339 g/mol. The maximum Gasteiger partial charge on any atom is 0.127 e. The number of thiophene rings is 1. The maximum atomic E-state index is 13.7. The van der Waals surface area contributed by atoms with Crippen LogP contribution in [0.5, 0.6) is 0 Å². The summed E-state index contributed by atoms with van der Waals surface area (Å²) in [6.45, 7) is 0. The zero-order valence-corrected chi connectivity index (χ0v) is 12.4. The lowest BCUT2D eigenvalue weighted by molar-refractivity contribution is 0.535. The lowest BCUT2D eigenvalue weighted by Gasteiger charge is -2.14. The van der Waals surface area contributed by atoms with Crippen LogP contribution in [-0.2, 0) is 6.42 Å². The van der Waals surface area contributed by atoms with Crippen molar-refractivity contribution in [2.75, 3.05) is 0 Å². The number of benzene rings is 1. The molecule has 2 aromatic rings. The van der Waals surface area contributed by atoms with Crippen LogP contribution in [0.2, 0.25) is 5.02 Å². The van der Waals surface area contributed by atoms with Gasteiger partial charge in [0, 0.05) is 9.90 Å². The monoisotopic (exact) mass is 348 g/mol. The van der Waals surface area contributed by atoms with E-state index in [9.17, 15) is 4.39 Å². The van der Waals surface area contributed by atoms with Crippen molar-refractivity contribution in [3.63, 3.8) is 0 Å². The van der Waals surface area contributed by atoms with Crippen LogP contribution < -0.4 is 11.3 Å². The number of halogens is 3. The minimum Gasteiger partial charge on any atom is -0.271 e. The number of rotatable bonds is 4. The molecule has 2 nitrogen and oxygen atoms in total. The lowest BCUT2D eigenvalue weighted by Crippen LogP contribution is -2.29. The summed E-state index contributed by atoms with van der Waals surface area (Å²) in [5.41, 5.74) is 3.30. The fraction of sp³-hybridized carbons (Fsp3) is 0.167. The summed E-state index contributed by atoms with van der Waals surface area (Å²) in [5, 5.41) is 0.396. The first-order valence-electron chi connectivity index (χ1n) is 5.25. The van der Waals surface area contributed by atoms with E-state index in [1.54, 1.807) is 23.5 Å². The first-order chi connectivity index (χ1) is 8.60. The van der Waals surface area contributed by atoms with E-state index < -0.39 is 0 Å². The van der Waals surface area contributed by atoms with Crippen molar-refractivity contribution in [3.8, 4) is 0 Å². The topological polar surface area (TPSA) is 38.0 Å². The van der Waals surface area contributed by atoms with E-state index in [1.807, 2.05) is 12.1 Å². The van der Waals surface area contributed by atoms with E-state index in [0.29, 0.717) is 17.0 Å². The summed E-state index contributed by atoms with van der Waals surface area (Å²) < 4.78 is 14.7. The highest BCUT2D eigenvalue weighted by atomic mass is 79.9. The summed E-state index contributed by atoms with van der Waals surface area (Å²) in [6.07, 6.45) is 0.479. The molecular formula is C12H11BrClFN2S. The third kappa shape index (κ3) is 3.30. The highest BCUT2D eigenvalue weighted by molar-refractivity contribution is 9.11. The molecule has 0 fully saturated rings. The van der Waals surface area contributed by atoms with Crippen LogP contribution in [0, 0.1) is 5.82 Å². The molecule has 0 aliphatic rings. The summed E-state index contributed by atoms with van der Waals surface area (Å²) in [7, 11) is 0. The van der Waals surface area contributed by atoms with Gasteiger partial charge in [0.15, 0.2) is 0 Å². The minimum atomic E-state index is -0.307. The first-order valence-corrected chi connectivity index (χ1v) is 7.24. The quantitative estimate of drug-likeness (QED) is 0.645. The molecule has 2 rings (SSSR count). The van der Waals surface area contributed by atoms with Crippen LogP contribution in [0.25, 0.3) is 0 Å². The second-order valence-electron chi connectivity index (χ2n) is 3.80. The van der Waals surface area contributed by atoms with Crippen LogP contribution in [0.15, 0.2) is 34.1 Å². The molecule has 1 aromatic carbocycles. The highest BCUT2D eigenvalue weighted by Crippen LogP contribution is 2.29. The molecule has 0 amide bonds. The number of nitrogens with two attached hydrogens (primary N) is 1. The van der Waals surface area contributed by atoms with Gasteiger partial charge in [-0.1, -0.05) is 17.7 Å². The first kappa shape index (κ1) is 14.0. The van der Waals surface area contributed by atoms with Crippen molar-refractivity contribution >= 4 is 38.9 Å². The van der Waals surface area contributed by atoms with Crippen molar-refractivity contribution in [2.45, 2.75) is 12.5 Å². The van der Waals surface area contributed by atoms with Gasteiger partial charge in [0.1, 0.15) is 5.82 Å². The van der Waals surface area contributed by atoms with Gasteiger partial charge in [0.05, 0.1) is 9.83 Å². The average molecular weight is 350 g/mol. The second kappa shape index (κ2) is 6.12. The maximum absolute atomic E-state index is 13.7. The van der Waals surface area contributed by atoms with Crippen LogP contribution in [0.3, 0.4) is 0 Å².